The van der Waals surface area contributed by atoms with Crippen LogP contribution in [0.15, 0.2) is 42.5 Å². The van der Waals surface area contributed by atoms with E-state index in [2.05, 4.69) is 9.88 Å². The van der Waals surface area contributed by atoms with Gasteiger partial charge >= 0.3 is 0 Å². The lowest BCUT2D eigenvalue weighted by molar-refractivity contribution is 0.0761. The second-order valence-corrected chi connectivity index (χ2v) is 6.68. The van der Waals surface area contributed by atoms with Gasteiger partial charge in [0.1, 0.15) is 10.3 Å². The van der Waals surface area contributed by atoms with Gasteiger partial charge in [0.2, 0.25) is 0 Å². The van der Waals surface area contributed by atoms with Crippen molar-refractivity contribution in [3.63, 3.8) is 0 Å². The molecule has 1 aliphatic heterocycles. The Kier molecular flexibility index (Phi) is 5.72. The fourth-order valence-corrected chi connectivity index (χ4v) is 3.46. The molecule has 2 aromatic rings. The third-order valence-corrected chi connectivity index (χ3v) is 4.51. The van der Waals surface area contributed by atoms with Gasteiger partial charge in [-0.05, 0) is 36.2 Å². The zero-order chi connectivity index (χ0) is 16.9. The summed E-state index contributed by atoms with van der Waals surface area (Å²) in [7, 11) is 0. The van der Waals surface area contributed by atoms with Crippen molar-refractivity contribution < 1.29 is 4.79 Å². The molecule has 4 nitrogen and oxygen atoms in total. The molecule has 0 aliphatic carbocycles. The molecule has 2 heterocycles. The summed E-state index contributed by atoms with van der Waals surface area (Å²) in [5.74, 6) is 0.104. The van der Waals surface area contributed by atoms with Crippen LogP contribution < -0.4 is 0 Å². The van der Waals surface area contributed by atoms with Gasteiger partial charge in [0, 0.05) is 38.3 Å². The molecular weight excluding hydrogens is 345 g/mol. The molecule has 0 spiro atoms. The summed E-state index contributed by atoms with van der Waals surface area (Å²) in [4.78, 5) is 20.8. The lowest BCUT2D eigenvalue weighted by Crippen LogP contribution is -2.35. The van der Waals surface area contributed by atoms with E-state index >= 15 is 0 Å². The fraction of sp³-hybridized carbons (Fsp3) is 0.333. The monoisotopic (exact) mass is 363 g/mol. The van der Waals surface area contributed by atoms with Crippen LogP contribution in [0.2, 0.25) is 10.3 Å². The van der Waals surface area contributed by atoms with Gasteiger partial charge in [-0.25, -0.2) is 4.98 Å². The molecule has 1 aromatic heterocycles. The van der Waals surface area contributed by atoms with Crippen LogP contribution in [0.1, 0.15) is 22.3 Å². The lowest BCUT2D eigenvalue weighted by atomic mass is 10.2. The van der Waals surface area contributed by atoms with Gasteiger partial charge in [0.05, 0.1) is 0 Å². The summed E-state index contributed by atoms with van der Waals surface area (Å²) in [5, 5.41) is 0.821. The number of rotatable bonds is 3. The highest BCUT2D eigenvalue weighted by atomic mass is 35.5. The Balaban J connectivity index is 1.62. The van der Waals surface area contributed by atoms with Crippen LogP contribution in [0, 0.1) is 0 Å². The summed E-state index contributed by atoms with van der Waals surface area (Å²) in [6, 6.07) is 13.1. The molecule has 6 heteroatoms. The number of pyridine rings is 1. The Morgan fingerprint density at radius 3 is 2.42 bits per heavy atom. The van der Waals surface area contributed by atoms with E-state index in [9.17, 15) is 4.79 Å². The van der Waals surface area contributed by atoms with Crippen molar-refractivity contribution in [2.45, 2.75) is 13.0 Å². The number of carbonyl (C=O) groups is 1. The first-order valence-electron chi connectivity index (χ1n) is 8.00. The minimum Gasteiger partial charge on any atom is -0.337 e. The number of amides is 1. The molecule has 24 heavy (non-hydrogen) atoms. The SMILES string of the molecule is O=C(c1ccccc1)N1CCCN(Cc2cc(Cl)nc(Cl)c2)CC1. The van der Waals surface area contributed by atoms with Crippen LogP contribution in [0.5, 0.6) is 0 Å². The van der Waals surface area contributed by atoms with Gasteiger partial charge in [-0.2, -0.15) is 0 Å². The number of benzene rings is 1. The first-order chi connectivity index (χ1) is 11.6. The molecule has 0 atom stereocenters. The summed E-state index contributed by atoms with van der Waals surface area (Å²) >= 11 is 11.9. The molecule has 0 radical (unpaired) electrons. The predicted molar refractivity (Wildman–Crippen MR) is 96.5 cm³/mol. The molecule has 0 N–H and O–H groups in total. The summed E-state index contributed by atoms with van der Waals surface area (Å²) < 4.78 is 0. The quantitative estimate of drug-likeness (QED) is 0.779. The number of carbonyl (C=O) groups excluding carboxylic acids is 1. The van der Waals surface area contributed by atoms with E-state index in [0.29, 0.717) is 10.3 Å². The minimum atomic E-state index is 0.104. The largest absolute Gasteiger partial charge is 0.337 e. The van der Waals surface area contributed by atoms with Crippen LogP contribution in [0.3, 0.4) is 0 Å². The maximum Gasteiger partial charge on any atom is 0.253 e. The molecule has 0 unspecified atom stereocenters. The fourth-order valence-electron chi connectivity index (χ4n) is 2.96. The molecule has 1 amide bonds. The Labute approximate surface area is 152 Å². The first-order valence-corrected chi connectivity index (χ1v) is 8.76. The van der Waals surface area contributed by atoms with E-state index in [-0.39, 0.29) is 5.91 Å². The Morgan fingerprint density at radius 2 is 1.71 bits per heavy atom. The number of hydrogen-bond acceptors (Lipinski definition) is 3. The Morgan fingerprint density at radius 1 is 1.00 bits per heavy atom. The second-order valence-electron chi connectivity index (χ2n) is 5.91. The van der Waals surface area contributed by atoms with E-state index in [4.69, 9.17) is 23.2 Å². The molecule has 1 saturated heterocycles. The van der Waals surface area contributed by atoms with Crippen LogP contribution in [0.25, 0.3) is 0 Å². The van der Waals surface area contributed by atoms with E-state index < -0.39 is 0 Å². The van der Waals surface area contributed by atoms with Gasteiger partial charge in [-0.1, -0.05) is 41.4 Å². The van der Waals surface area contributed by atoms with Gasteiger partial charge < -0.3 is 4.90 Å². The topological polar surface area (TPSA) is 36.4 Å². The third kappa shape index (κ3) is 4.47. The van der Waals surface area contributed by atoms with Gasteiger partial charge in [0.25, 0.3) is 5.91 Å². The molecule has 0 bridgehead atoms. The summed E-state index contributed by atoms with van der Waals surface area (Å²) in [5.41, 5.74) is 1.79. The van der Waals surface area contributed by atoms with Gasteiger partial charge in [0.15, 0.2) is 0 Å². The smallest absolute Gasteiger partial charge is 0.253 e. The van der Waals surface area contributed by atoms with E-state index in [1.807, 2.05) is 47.4 Å². The Hall–Kier alpha value is -1.62. The predicted octanol–water partition coefficient (Wildman–Crippen LogP) is 3.74. The van der Waals surface area contributed by atoms with Gasteiger partial charge in [-0.3, -0.25) is 9.69 Å². The highest BCUT2D eigenvalue weighted by molar-refractivity contribution is 6.32. The highest BCUT2D eigenvalue weighted by Gasteiger charge is 2.20. The molecule has 1 aliphatic rings. The first kappa shape index (κ1) is 17.2. The maximum absolute atomic E-state index is 12.6. The van der Waals surface area contributed by atoms with E-state index in [1.165, 1.54) is 0 Å². The minimum absolute atomic E-state index is 0.104. The van der Waals surface area contributed by atoms with Crippen molar-refractivity contribution in [1.29, 1.82) is 0 Å². The molecule has 1 fully saturated rings. The molecule has 0 saturated carbocycles. The van der Waals surface area contributed by atoms with Crippen molar-refractivity contribution >= 4 is 29.1 Å². The zero-order valence-electron chi connectivity index (χ0n) is 13.3. The Bertz CT molecular complexity index is 688. The number of aromatic nitrogens is 1. The molecule has 3 rings (SSSR count). The maximum atomic E-state index is 12.6. The van der Waals surface area contributed by atoms with Crippen molar-refractivity contribution in [2.75, 3.05) is 26.2 Å². The van der Waals surface area contributed by atoms with Crippen LogP contribution in [-0.4, -0.2) is 46.9 Å². The van der Waals surface area contributed by atoms with Crippen molar-refractivity contribution in [3.05, 3.63) is 63.9 Å². The van der Waals surface area contributed by atoms with Crippen molar-refractivity contribution in [2.24, 2.45) is 0 Å². The average Bonchev–Trinajstić information content (AvgIpc) is 2.80. The normalized spacial score (nSPS) is 16.0. The van der Waals surface area contributed by atoms with Crippen molar-refractivity contribution in [3.8, 4) is 0 Å². The van der Waals surface area contributed by atoms with Crippen LogP contribution in [0.4, 0.5) is 0 Å². The number of hydrogen-bond donors (Lipinski definition) is 0. The number of nitrogens with zero attached hydrogens (tertiary/aromatic N) is 3. The molecule has 126 valence electrons. The zero-order valence-corrected chi connectivity index (χ0v) is 14.8. The third-order valence-electron chi connectivity index (χ3n) is 4.13. The second kappa shape index (κ2) is 7.97. The van der Waals surface area contributed by atoms with Crippen LogP contribution in [-0.2, 0) is 6.54 Å². The average molecular weight is 364 g/mol. The highest BCUT2D eigenvalue weighted by Crippen LogP contribution is 2.17. The van der Waals surface area contributed by atoms with Crippen molar-refractivity contribution in [1.82, 2.24) is 14.8 Å². The van der Waals surface area contributed by atoms with Crippen LogP contribution >= 0.6 is 23.2 Å². The van der Waals surface area contributed by atoms with E-state index in [0.717, 1.165) is 50.3 Å². The number of halogens is 2. The molecular formula is C18H19Cl2N3O. The van der Waals surface area contributed by atoms with E-state index in [1.54, 1.807) is 0 Å². The molecule has 1 aromatic carbocycles. The van der Waals surface area contributed by atoms with Gasteiger partial charge in [-0.15, -0.1) is 0 Å². The summed E-state index contributed by atoms with van der Waals surface area (Å²) in [6.45, 7) is 4.03. The lowest BCUT2D eigenvalue weighted by Gasteiger charge is -2.22. The standard InChI is InChI=1S/C18H19Cl2N3O/c19-16-11-14(12-17(20)21-16)13-22-7-4-8-23(10-9-22)18(24)15-5-2-1-3-6-15/h1-3,5-6,11-12H,4,7-10,13H2. The summed E-state index contributed by atoms with van der Waals surface area (Å²) in [6.07, 6.45) is 0.950.